The molecule has 4 heteroatoms. The number of carbonyl (C=O) groups is 1. The molecule has 1 nitrogen and oxygen atoms in total. The van der Waals surface area contributed by atoms with Crippen molar-refractivity contribution in [1.29, 1.82) is 0 Å². The molecule has 0 atom stereocenters. The predicted molar refractivity (Wildman–Crippen MR) is 71.6 cm³/mol. The van der Waals surface area contributed by atoms with Crippen LogP contribution in [0.4, 0.5) is 0 Å². The summed E-state index contributed by atoms with van der Waals surface area (Å²) in [5.41, 5.74) is 2.26. The van der Waals surface area contributed by atoms with Crippen LogP contribution < -0.4 is 0 Å². The zero-order valence-electron chi connectivity index (χ0n) is 8.46. The van der Waals surface area contributed by atoms with Gasteiger partial charge in [-0.05, 0) is 40.5 Å². The monoisotopic (exact) mass is 314 g/mol. The van der Waals surface area contributed by atoms with E-state index in [1.165, 1.54) is 11.3 Å². The third-order valence-corrected chi connectivity index (χ3v) is 4.24. The van der Waals surface area contributed by atoms with Crippen molar-refractivity contribution in [2.45, 2.75) is 6.92 Å². The van der Waals surface area contributed by atoms with Gasteiger partial charge in [-0.1, -0.05) is 17.7 Å². The molecule has 0 radical (unpaired) electrons. The second-order valence-electron chi connectivity index (χ2n) is 3.45. The van der Waals surface area contributed by atoms with Crippen LogP contribution in [0.1, 0.15) is 21.5 Å². The lowest BCUT2D eigenvalue weighted by molar-refractivity contribution is 0.103. The summed E-state index contributed by atoms with van der Waals surface area (Å²) in [4.78, 5) is 12.2. The maximum absolute atomic E-state index is 12.2. The average Bonchev–Trinajstić information content (AvgIpc) is 2.63. The Kier molecular flexibility index (Phi) is 3.47. The van der Waals surface area contributed by atoms with Crippen LogP contribution >= 0.6 is 38.9 Å². The molecular weight excluding hydrogens is 308 g/mol. The van der Waals surface area contributed by atoms with Gasteiger partial charge in [0.1, 0.15) is 0 Å². The third-order valence-electron chi connectivity index (χ3n) is 2.23. The zero-order valence-corrected chi connectivity index (χ0v) is 11.6. The fourth-order valence-corrected chi connectivity index (χ4v) is 3.17. The highest BCUT2D eigenvalue weighted by molar-refractivity contribution is 9.10. The van der Waals surface area contributed by atoms with E-state index in [1.807, 2.05) is 23.8 Å². The van der Waals surface area contributed by atoms with Crippen molar-refractivity contribution in [1.82, 2.24) is 0 Å². The molecule has 0 unspecified atom stereocenters. The number of carbonyl (C=O) groups excluding carboxylic acids is 1. The van der Waals surface area contributed by atoms with Crippen LogP contribution in [-0.2, 0) is 0 Å². The van der Waals surface area contributed by atoms with Gasteiger partial charge in [0.15, 0.2) is 5.78 Å². The summed E-state index contributed by atoms with van der Waals surface area (Å²) in [6.45, 7) is 1.95. The summed E-state index contributed by atoms with van der Waals surface area (Å²) >= 11 is 10.9. The molecule has 82 valence electrons. The number of hydrogen-bond acceptors (Lipinski definition) is 2. The summed E-state index contributed by atoms with van der Waals surface area (Å²) in [5, 5.41) is 4.21. The lowest BCUT2D eigenvalue weighted by Crippen LogP contribution is -2.01. The second kappa shape index (κ2) is 4.70. The van der Waals surface area contributed by atoms with Crippen molar-refractivity contribution < 1.29 is 4.79 Å². The van der Waals surface area contributed by atoms with Gasteiger partial charge in [0, 0.05) is 26.4 Å². The van der Waals surface area contributed by atoms with E-state index < -0.39 is 0 Å². The van der Waals surface area contributed by atoms with E-state index >= 15 is 0 Å². The molecule has 0 amide bonds. The summed E-state index contributed by atoms with van der Waals surface area (Å²) in [6, 6.07) is 5.46. The van der Waals surface area contributed by atoms with Crippen LogP contribution in [-0.4, -0.2) is 5.78 Å². The Balaban J connectivity index is 2.46. The minimum atomic E-state index is -0.0434. The van der Waals surface area contributed by atoms with Crippen molar-refractivity contribution in [2.24, 2.45) is 0 Å². The number of ketones is 1. The molecular formula is C12H8BrClOS. The van der Waals surface area contributed by atoms with Crippen LogP contribution in [0.25, 0.3) is 0 Å². The number of thiophene rings is 1. The van der Waals surface area contributed by atoms with Gasteiger partial charge in [-0.25, -0.2) is 0 Å². The Morgan fingerprint density at radius 2 is 2.06 bits per heavy atom. The van der Waals surface area contributed by atoms with Gasteiger partial charge in [-0.3, -0.25) is 4.79 Å². The predicted octanol–water partition coefficient (Wildman–Crippen LogP) is 4.70. The van der Waals surface area contributed by atoms with Crippen LogP contribution in [0, 0.1) is 6.92 Å². The minimum absolute atomic E-state index is 0.0434. The average molecular weight is 316 g/mol. The van der Waals surface area contributed by atoms with Gasteiger partial charge in [0.25, 0.3) is 0 Å². The van der Waals surface area contributed by atoms with E-state index in [4.69, 9.17) is 11.6 Å². The Labute approximate surface area is 111 Å². The lowest BCUT2D eigenvalue weighted by Gasteiger charge is -2.03. The first-order valence-electron chi connectivity index (χ1n) is 4.62. The molecule has 0 bridgehead atoms. The molecule has 0 aliphatic heterocycles. The fourth-order valence-electron chi connectivity index (χ4n) is 1.39. The highest BCUT2D eigenvalue weighted by Gasteiger charge is 2.16. The van der Waals surface area contributed by atoms with E-state index in [9.17, 15) is 4.79 Å². The smallest absolute Gasteiger partial charge is 0.196 e. The molecule has 1 heterocycles. The molecule has 0 aliphatic rings. The first kappa shape index (κ1) is 11.8. The highest BCUT2D eigenvalue weighted by atomic mass is 79.9. The van der Waals surface area contributed by atoms with Crippen molar-refractivity contribution >= 4 is 44.7 Å². The standard InChI is InChI=1S/C12H8BrClOS/c1-7-2-3-8(11(14)4-7)12(15)9-5-16-6-10(9)13/h2-6H,1H3. The van der Waals surface area contributed by atoms with Crippen LogP contribution in [0.15, 0.2) is 33.4 Å². The van der Waals surface area contributed by atoms with Gasteiger partial charge in [-0.15, -0.1) is 0 Å². The summed E-state index contributed by atoms with van der Waals surface area (Å²) in [6.07, 6.45) is 0. The molecule has 0 saturated heterocycles. The maximum Gasteiger partial charge on any atom is 0.196 e. The molecule has 16 heavy (non-hydrogen) atoms. The minimum Gasteiger partial charge on any atom is -0.288 e. The Hall–Kier alpha value is -0.640. The first-order valence-corrected chi connectivity index (χ1v) is 6.73. The van der Waals surface area contributed by atoms with Gasteiger partial charge in [0.05, 0.1) is 5.02 Å². The van der Waals surface area contributed by atoms with Gasteiger partial charge in [0.2, 0.25) is 0 Å². The Morgan fingerprint density at radius 3 is 2.62 bits per heavy atom. The molecule has 1 aromatic heterocycles. The molecule has 0 aliphatic carbocycles. The SMILES string of the molecule is Cc1ccc(C(=O)c2cscc2Br)c(Cl)c1. The molecule has 2 rings (SSSR count). The maximum atomic E-state index is 12.2. The van der Waals surface area contributed by atoms with Crippen molar-refractivity contribution in [2.75, 3.05) is 0 Å². The van der Waals surface area contributed by atoms with Crippen molar-refractivity contribution in [3.63, 3.8) is 0 Å². The highest BCUT2D eigenvalue weighted by Crippen LogP contribution is 2.27. The molecule has 0 fully saturated rings. The van der Waals surface area contributed by atoms with Crippen molar-refractivity contribution in [3.8, 4) is 0 Å². The summed E-state index contributed by atoms with van der Waals surface area (Å²) in [5.74, 6) is -0.0434. The first-order chi connectivity index (χ1) is 7.59. The number of hydrogen-bond donors (Lipinski definition) is 0. The van der Waals surface area contributed by atoms with E-state index in [1.54, 1.807) is 12.1 Å². The third kappa shape index (κ3) is 2.21. The van der Waals surface area contributed by atoms with Gasteiger partial charge in [-0.2, -0.15) is 11.3 Å². The van der Waals surface area contributed by atoms with E-state index in [-0.39, 0.29) is 5.78 Å². The van der Waals surface area contributed by atoms with Crippen LogP contribution in [0.3, 0.4) is 0 Å². The van der Waals surface area contributed by atoms with Gasteiger partial charge < -0.3 is 0 Å². The van der Waals surface area contributed by atoms with E-state index in [2.05, 4.69) is 15.9 Å². The molecule has 0 N–H and O–H groups in total. The lowest BCUT2D eigenvalue weighted by atomic mass is 10.0. The quantitative estimate of drug-likeness (QED) is 0.734. The van der Waals surface area contributed by atoms with E-state index in [0.29, 0.717) is 16.1 Å². The van der Waals surface area contributed by atoms with Crippen LogP contribution in [0.5, 0.6) is 0 Å². The summed E-state index contributed by atoms with van der Waals surface area (Å²) < 4.78 is 0.819. The second-order valence-corrected chi connectivity index (χ2v) is 5.45. The molecule has 2 aromatic rings. The summed E-state index contributed by atoms with van der Waals surface area (Å²) in [7, 11) is 0. The Bertz CT molecular complexity index is 548. The fraction of sp³-hybridized carbons (Fsp3) is 0.0833. The van der Waals surface area contributed by atoms with Crippen LogP contribution in [0.2, 0.25) is 5.02 Å². The molecule has 0 spiro atoms. The van der Waals surface area contributed by atoms with Gasteiger partial charge >= 0.3 is 0 Å². The number of halogens is 2. The number of benzene rings is 1. The number of aryl methyl sites for hydroxylation is 1. The Morgan fingerprint density at radius 1 is 1.31 bits per heavy atom. The normalized spacial score (nSPS) is 10.4. The van der Waals surface area contributed by atoms with Crippen molar-refractivity contribution in [3.05, 3.63) is 55.1 Å². The number of rotatable bonds is 2. The zero-order chi connectivity index (χ0) is 11.7. The largest absolute Gasteiger partial charge is 0.288 e. The molecule has 1 aromatic carbocycles. The van der Waals surface area contributed by atoms with E-state index in [0.717, 1.165) is 10.0 Å². The topological polar surface area (TPSA) is 17.1 Å². The molecule has 0 saturated carbocycles.